The molecule has 7 heteroatoms. The molecule has 30 heavy (non-hydrogen) atoms. The standard InChI is InChI=1S/C23H40N4O2.HI/c1-5-24-23(26-18-20-11-14-27(15-12-20)16-17-28-3)25-13-10-19(2)21-6-8-22(29-4)9-7-21;/h6-9,19-20H,5,10-18H2,1-4H3,(H2,24,25,26);1H. The average molecular weight is 533 g/mol. The van der Waals surface area contributed by atoms with E-state index in [0.29, 0.717) is 11.8 Å². The first-order valence-electron chi connectivity index (χ1n) is 11.0. The molecule has 0 saturated carbocycles. The van der Waals surface area contributed by atoms with Crippen LogP contribution in [-0.2, 0) is 4.74 Å². The van der Waals surface area contributed by atoms with Crippen molar-refractivity contribution in [1.82, 2.24) is 15.5 Å². The first-order chi connectivity index (χ1) is 14.2. The van der Waals surface area contributed by atoms with Gasteiger partial charge in [-0.2, -0.15) is 0 Å². The SMILES string of the molecule is CCNC(=NCC1CCN(CCOC)CC1)NCCC(C)c1ccc(OC)cc1.I. The number of hydrogen-bond acceptors (Lipinski definition) is 4. The third kappa shape index (κ3) is 9.83. The number of rotatable bonds is 11. The molecule has 1 aromatic rings. The molecule has 0 bridgehead atoms. The fraction of sp³-hybridized carbons (Fsp3) is 0.696. The van der Waals surface area contributed by atoms with Crippen LogP contribution in [0.3, 0.4) is 0 Å². The van der Waals surface area contributed by atoms with Crippen LogP contribution in [0.15, 0.2) is 29.3 Å². The zero-order chi connectivity index (χ0) is 20.9. The van der Waals surface area contributed by atoms with Crippen LogP contribution in [-0.4, -0.2) is 71.0 Å². The number of nitrogens with zero attached hydrogens (tertiary/aromatic N) is 2. The van der Waals surface area contributed by atoms with Gasteiger partial charge in [-0.05, 0) is 68.8 Å². The summed E-state index contributed by atoms with van der Waals surface area (Å²) in [4.78, 5) is 7.35. The number of hydrogen-bond donors (Lipinski definition) is 2. The molecule has 0 radical (unpaired) electrons. The Hall–Kier alpha value is -1.06. The van der Waals surface area contributed by atoms with E-state index in [2.05, 4.69) is 41.5 Å². The number of halogens is 1. The topological polar surface area (TPSA) is 58.1 Å². The monoisotopic (exact) mass is 532 g/mol. The van der Waals surface area contributed by atoms with E-state index in [-0.39, 0.29) is 24.0 Å². The van der Waals surface area contributed by atoms with Crippen LogP contribution in [0.1, 0.15) is 44.6 Å². The second kappa shape index (κ2) is 15.7. The minimum atomic E-state index is 0. The largest absolute Gasteiger partial charge is 0.497 e. The van der Waals surface area contributed by atoms with E-state index in [1.165, 1.54) is 18.4 Å². The van der Waals surface area contributed by atoms with Gasteiger partial charge in [0.15, 0.2) is 5.96 Å². The van der Waals surface area contributed by atoms with Gasteiger partial charge in [-0.25, -0.2) is 0 Å². The normalized spacial score (nSPS) is 16.6. The van der Waals surface area contributed by atoms with Gasteiger partial charge >= 0.3 is 0 Å². The molecule has 1 fully saturated rings. The molecule has 2 rings (SSSR count). The zero-order valence-electron chi connectivity index (χ0n) is 19.2. The van der Waals surface area contributed by atoms with Gasteiger partial charge in [0, 0.05) is 33.3 Å². The van der Waals surface area contributed by atoms with Gasteiger partial charge in [-0.3, -0.25) is 4.99 Å². The summed E-state index contributed by atoms with van der Waals surface area (Å²) in [6.07, 6.45) is 3.51. The molecule has 172 valence electrons. The number of nitrogens with one attached hydrogen (secondary N) is 2. The molecule has 1 atom stereocenters. The second-order valence-corrected chi connectivity index (χ2v) is 7.89. The Morgan fingerprint density at radius 1 is 1.17 bits per heavy atom. The van der Waals surface area contributed by atoms with Gasteiger partial charge in [0.1, 0.15) is 5.75 Å². The lowest BCUT2D eigenvalue weighted by atomic mass is 9.97. The summed E-state index contributed by atoms with van der Waals surface area (Å²) in [5, 5.41) is 6.89. The van der Waals surface area contributed by atoms with Crippen molar-refractivity contribution in [2.75, 3.05) is 60.1 Å². The molecule has 1 saturated heterocycles. The van der Waals surface area contributed by atoms with E-state index in [1.807, 2.05) is 12.1 Å². The minimum absolute atomic E-state index is 0. The van der Waals surface area contributed by atoms with E-state index in [0.717, 1.165) is 64.0 Å². The van der Waals surface area contributed by atoms with E-state index in [1.54, 1.807) is 14.2 Å². The van der Waals surface area contributed by atoms with Gasteiger partial charge in [0.05, 0.1) is 13.7 Å². The van der Waals surface area contributed by atoms with E-state index in [4.69, 9.17) is 14.5 Å². The molecule has 1 aliphatic heterocycles. The molecule has 1 unspecified atom stereocenters. The smallest absolute Gasteiger partial charge is 0.191 e. The van der Waals surface area contributed by atoms with Crippen molar-refractivity contribution in [1.29, 1.82) is 0 Å². The van der Waals surface area contributed by atoms with Crippen LogP contribution in [0.4, 0.5) is 0 Å². The van der Waals surface area contributed by atoms with Gasteiger partial charge in [-0.15, -0.1) is 24.0 Å². The molecule has 0 spiro atoms. The summed E-state index contributed by atoms with van der Waals surface area (Å²) < 4.78 is 10.4. The molecule has 0 aromatic heterocycles. The summed E-state index contributed by atoms with van der Waals surface area (Å²) in [6.45, 7) is 11.3. The van der Waals surface area contributed by atoms with Gasteiger partial charge < -0.3 is 25.0 Å². The maximum absolute atomic E-state index is 5.24. The van der Waals surface area contributed by atoms with Gasteiger partial charge in [0.2, 0.25) is 0 Å². The van der Waals surface area contributed by atoms with Crippen molar-refractivity contribution in [3.63, 3.8) is 0 Å². The fourth-order valence-electron chi connectivity index (χ4n) is 3.68. The molecule has 0 aliphatic carbocycles. The Morgan fingerprint density at radius 2 is 1.87 bits per heavy atom. The molecule has 6 nitrogen and oxygen atoms in total. The maximum atomic E-state index is 5.24. The van der Waals surface area contributed by atoms with Crippen LogP contribution in [0.2, 0.25) is 0 Å². The minimum Gasteiger partial charge on any atom is -0.497 e. The quantitative estimate of drug-likeness (QED) is 0.259. The summed E-state index contributed by atoms with van der Waals surface area (Å²) in [7, 11) is 3.48. The van der Waals surface area contributed by atoms with Crippen LogP contribution < -0.4 is 15.4 Å². The van der Waals surface area contributed by atoms with Crippen molar-refractivity contribution < 1.29 is 9.47 Å². The first kappa shape index (κ1) is 27.0. The number of aliphatic imine (C=N–C) groups is 1. The third-order valence-electron chi connectivity index (χ3n) is 5.73. The Kier molecular flexibility index (Phi) is 14.1. The van der Waals surface area contributed by atoms with Gasteiger partial charge in [-0.1, -0.05) is 19.1 Å². The highest BCUT2D eigenvalue weighted by Crippen LogP contribution is 2.21. The van der Waals surface area contributed by atoms with Crippen LogP contribution in [0, 0.1) is 5.92 Å². The van der Waals surface area contributed by atoms with Crippen molar-refractivity contribution in [3.05, 3.63) is 29.8 Å². The molecular weight excluding hydrogens is 491 g/mol. The van der Waals surface area contributed by atoms with E-state index < -0.39 is 0 Å². The van der Waals surface area contributed by atoms with Crippen LogP contribution in [0.5, 0.6) is 5.75 Å². The van der Waals surface area contributed by atoms with Crippen molar-refractivity contribution >= 4 is 29.9 Å². The summed E-state index contributed by atoms with van der Waals surface area (Å²) in [5.41, 5.74) is 1.34. The number of methoxy groups -OCH3 is 2. The van der Waals surface area contributed by atoms with Crippen molar-refractivity contribution in [3.8, 4) is 5.75 Å². The average Bonchev–Trinajstić information content (AvgIpc) is 2.76. The number of ether oxygens (including phenoxy) is 2. The van der Waals surface area contributed by atoms with Crippen LogP contribution in [0.25, 0.3) is 0 Å². The van der Waals surface area contributed by atoms with Gasteiger partial charge in [0.25, 0.3) is 0 Å². The van der Waals surface area contributed by atoms with E-state index in [9.17, 15) is 0 Å². The first-order valence-corrected chi connectivity index (χ1v) is 11.0. The Bertz CT molecular complexity index is 589. The second-order valence-electron chi connectivity index (χ2n) is 7.89. The lowest BCUT2D eigenvalue weighted by Crippen LogP contribution is -2.39. The summed E-state index contributed by atoms with van der Waals surface area (Å²) in [6, 6.07) is 8.38. The molecule has 1 aliphatic rings. The van der Waals surface area contributed by atoms with Crippen LogP contribution >= 0.6 is 24.0 Å². The zero-order valence-corrected chi connectivity index (χ0v) is 21.5. The number of likely N-dealkylation sites (tertiary alicyclic amines) is 1. The molecule has 0 amide bonds. The lowest BCUT2D eigenvalue weighted by Gasteiger charge is -2.31. The maximum Gasteiger partial charge on any atom is 0.191 e. The number of piperidine rings is 1. The Balaban J connectivity index is 0.00000450. The highest BCUT2D eigenvalue weighted by molar-refractivity contribution is 14.0. The summed E-state index contributed by atoms with van der Waals surface area (Å²) >= 11 is 0. The highest BCUT2D eigenvalue weighted by atomic mass is 127. The predicted octanol–water partition coefficient (Wildman–Crippen LogP) is 3.72. The Morgan fingerprint density at radius 3 is 2.47 bits per heavy atom. The van der Waals surface area contributed by atoms with Crippen molar-refractivity contribution in [2.24, 2.45) is 10.9 Å². The molecule has 2 N–H and O–H groups in total. The molecular formula is C23H41IN4O2. The lowest BCUT2D eigenvalue weighted by molar-refractivity contribution is 0.121. The fourth-order valence-corrected chi connectivity index (χ4v) is 3.68. The summed E-state index contributed by atoms with van der Waals surface area (Å²) in [5.74, 6) is 3.02. The number of guanidine groups is 1. The molecule has 1 aromatic carbocycles. The number of benzene rings is 1. The Labute approximate surface area is 200 Å². The van der Waals surface area contributed by atoms with E-state index >= 15 is 0 Å². The molecule has 1 heterocycles. The third-order valence-corrected chi connectivity index (χ3v) is 5.73. The predicted molar refractivity (Wildman–Crippen MR) is 136 cm³/mol. The highest BCUT2D eigenvalue weighted by Gasteiger charge is 2.18. The van der Waals surface area contributed by atoms with Crippen molar-refractivity contribution in [2.45, 2.75) is 39.0 Å².